The van der Waals surface area contributed by atoms with Gasteiger partial charge >= 0.3 is 5.97 Å². The maximum absolute atomic E-state index is 12.9. The lowest BCUT2D eigenvalue weighted by molar-refractivity contribution is -0.125. The third-order valence-electron chi connectivity index (χ3n) is 5.92. The molecule has 2 atom stereocenters. The molecular formula is C23H34N2O6S. The van der Waals surface area contributed by atoms with Gasteiger partial charge in [-0.05, 0) is 51.0 Å². The predicted octanol–water partition coefficient (Wildman–Crippen LogP) is 2.87. The van der Waals surface area contributed by atoms with Crippen LogP contribution in [0, 0.1) is 0 Å². The molecule has 1 aliphatic carbocycles. The molecule has 1 aromatic rings. The highest BCUT2D eigenvalue weighted by Crippen LogP contribution is 2.22. The fourth-order valence-corrected chi connectivity index (χ4v) is 5.91. The number of carbonyl (C=O) groups is 2. The lowest BCUT2D eigenvalue weighted by Gasteiger charge is -2.34. The maximum atomic E-state index is 12.9. The molecule has 1 amide bonds. The largest absolute Gasteiger partial charge is 0.452 e. The molecule has 0 bridgehead atoms. The summed E-state index contributed by atoms with van der Waals surface area (Å²) in [5.41, 5.74) is 0.200. The van der Waals surface area contributed by atoms with E-state index in [1.807, 2.05) is 13.8 Å². The SMILES string of the molecule is CC1CN(S(=O)(=O)c2ccc(C(=O)OCC(=O)NC3CCCCCCC3)cc2)CC(C)O1. The summed E-state index contributed by atoms with van der Waals surface area (Å²) in [4.78, 5) is 24.6. The van der Waals surface area contributed by atoms with Crippen LogP contribution in [0.1, 0.15) is 69.2 Å². The number of hydrogen-bond donors (Lipinski definition) is 1. The summed E-state index contributed by atoms with van der Waals surface area (Å²) in [6, 6.07) is 5.75. The highest BCUT2D eigenvalue weighted by molar-refractivity contribution is 7.89. The predicted molar refractivity (Wildman–Crippen MR) is 120 cm³/mol. The van der Waals surface area contributed by atoms with E-state index in [4.69, 9.17) is 9.47 Å². The van der Waals surface area contributed by atoms with E-state index in [1.165, 1.54) is 47.8 Å². The van der Waals surface area contributed by atoms with Crippen LogP contribution in [0.15, 0.2) is 29.2 Å². The van der Waals surface area contributed by atoms with Gasteiger partial charge < -0.3 is 14.8 Å². The highest BCUT2D eigenvalue weighted by Gasteiger charge is 2.32. The topological polar surface area (TPSA) is 102 Å². The molecule has 8 nitrogen and oxygen atoms in total. The molecule has 3 rings (SSSR count). The van der Waals surface area contributed by atoms with Crippen molar-refractivity contribution in [2.24, 2.45) is 0 Å². The van der Waals surface area contributed by atoms with Crippen molar-refractivity contribution in [3.05, 3.63) is 29.8 Å². The fourth-order valence-electron chi connectivity index (χ4n) is 4.32. The number of morpholine rings is 1. The molecule has 2 fully saturated rings. The zero-order valence-electron chi connectivity index (χ0n) is 18.9. The molecule has 1 saturated heterocycles. The molecule has 1 saturated carbocycles. The Bertz CT molecular complexity index is 868. The highest BCUT2D eigenvalue weighted by atomic mass is 32.2. The molecule has 2 unspecified atom stereocenters. The van der Waals surface area contributed by atoms with Gasteiger partial charge in [0.2, 0.25) is 10.0 Å². The summed E-state index contributed by atoms with van der Waals surface area (Å²) in [7, 11) is -3.68. The van der Waals surface area contributed by atoms with Gasteiger partial charge in [-0.15, -0.1) is 0 Å². The van der Waals surface area contributed by atoms with Gasteiger partial charge in [-0.1, -0.05) is 32.1 Å². The Balaban J connectivity index is 1.52. The minimum absolute atomic E-state index is 0.109. The third kappa shape index (κ3) is 6.76. The molecule has 0 radical (unpaired) electrons. The molecule has 2 aliphatic rings. The number of nitrogens with zero attached hydrogens (tertiary/aromatic N) is 1. The van der Waals surface area contributed by atoms with Crippen LogP contribution < -0.4 is 5.32 Å². The van der Waals surface area contributed by atoms with Crippen LogP contribution in [-0.2, 0) is 24.3 Å². The van der Waals surface area contributed by atoms with E-state index in [0.29, 0.717) is 0 Å². The number of hydrogen-bond acceptors (Lipinski definition) is 6. The Morgan fingerprint density at radius 1 is 1.00 bits per heavy atom. The molecule has 0 aromatic heterocycles. The number of ether oxygens (including phenoxy) is 2. The number of esters is 1. The first-order valence-electron chi connectivity index (χ1n) is 11.5. The summed E-state index contributed by atoms with van der Waals surface area (Å²) in [6.45, 7) is 3.90. The van der Waals surface area contributed by atoms with E-state index < -0.39 is 16.0 Å². The number of rotatable bonds is 6. The summed E-state index contributed by atoms with van der Waals surface area (Å²) >= 11 is 0. The van der Waals surface area contributed by atoms with Gasteiger partial charge in [0.1, 0.15) is 0 Å². The second-order valence-corrected chi connectivity index (χ2v) is 10.7. The normalized spacial score (nSPS) is 23.7. The van der Waals surface area contributed by atoms with Crippen LogP contribution in [0.3, 0.4) is 0 Å². The van der Waals surface area contributed by atoms with Crippen molar-refractivity contribution in [3.63, 3.8) is 0 Å². The monoisotopic (exact) mass is 466 g/mol. The van der Waals surface area contributed by atoms with Crippen molar-refractivity contribution in [1.82, 2.24) is 9.62 Å². The van der Waals surface area contributed by atoms with E-state index in [0.717, 1.165) is 25.7 Å². The molecule has 1 aliphatic heterocycles. The number of sulfonamides is 1. The summed E-state index contributed by atoms with van der Waals surface area (Å²) in [5.74, 6) is -0.964. The molecule has 178 valence electrons. The van der Waals surface area contributed by atoms with Gasteiger partial charge in [-0.3, -0.25) is 4.79 Å². The molecule has 1 N–H and O–H groups in total. The van der Waals surface area contributed by atoms with Gasteiger partial charge in [0.15, 0.2) is 6.61 Å². The van der Waals surface area contributed by atoms with Crippen molar-refractivity contribution in [1.29, 1.82) is 0 Å². The number of carbonyl (C=O) groups excluding carboxylic acids is 2. The van der Waals surface area contributed by atoms with Crippen molar-refractivity contribution in [3.8, 4) is 0 Å². The third-order valence-corrected chi connectivity index (χ3v) is 7.76. The Morgan fingerprint density at radius 3 is 2.16 bits per heavy atom. The molecule has 9 heteroatoms. The average molecular weight is 467 g/mol. The van der Waals surface area contributed by atoms with Gasteiger partial charge in [-0.2, -0.15) is 4.31 Å². The second-order valence-electron chi connectivity index (χ2n) is 8.79. The zero-order valence-corrected chi connectivity index (χ0v) is 19.7. The van der Waals surface area contributed by atoms with Crippen LogP contribution in [0.25, 0.3) is 0 Å². The van der Waals surface area contributed by atoms with E-state index in [9.17, 15) is 18.0 Å². The number of nitrogens with one attached hydrogen (secondary N) is 1. The second kappa shape index (κ2) is 11.2. The Morgan fingerprint density at radius 2 is 1.56 bits per heavy atom. The van der Waals surface area contributed by atoms with Crippen molar-refractivity contribution in [2.75, 3.05) is 19.7 Å². The van der Waals surface area contributed by atoms with Crippen molar-refractivity contribution >= 4 is 21.9 Å². The van der Waals surface area contributed by atoms with E-state index in [2.05, 4.69) is 5.32 Å². The first-order valence-corrected chi connectivity index (χ1v) is 12.9. The first kappa shape index (κ1) is 24.7. The Hall–Kier alpha value is -1.97. The Labute approximate surface area is 190 Å². The number of amides is 1. The van der Waals surface area contributed by atoms with E-state index in [-0.39, 0.29) is 54.3 Å². The van der Waals surface area contributed by atoms with Gasteiger partial charge in [-0.25, -0.2) is 13.2 Å². The van der Waals surface area contributed by atoms with Gasteiger partial charge in [0.25, 0.3) is 5.91 Å². The minimum Gasteiger partial charge on any atom is -0.452 e. The maximum Gasteiger partial charge on any atom is 0.338 e. The minimum atomic E-state index is -3.68. The molecule has 0 spiro atoms. The van der Waals surface area contributed by atoms with Crippen LogP contribution in [0.4, 0.5) is 0 Å². The van der Waals surface area contributed by atoms with Gasteiger partial charge in [0.05, 0.1) is 22.7 Å². The first-order chi connectivity index (χ1) is 15.3. The summed E-state index contributed by atoms with van der Waals surface area (Å²) < 4.78 is 38.0. The lowest BCUT2D eigenvalue weighted by atomic mass is 9.97. The Kier molecular flexibility index (Phi) is 8.67. The fraction of sp³-hybridized carbons (Fsp3) is 0.652. The standard InChI is InChI=1S/C23H34N2O6S/c1-17-14-25(15-18(2)31-17)32(28,29)21-12-10-19(11-13-21)23(27)30-16-22(26)24-20-8-6-4-3-5-7-9-20/h10-13,17-18,20H,3-9,14-16H2,1-2H3,(H,24,26). The van der Waals surface area contributed by atoms with Gasteiger partial charge in [0, 0.05) is 19.1 Å². The van der Waals surface area contributed by atoms with Crippen LogP contribution in [-0.4, -0.2) is 62.5 Å². The summed E-state index contributed by atoms with van der Waals surface area (Å²) in [6.07, 6.45) is 7.38. The molecule has 32 heavy (non-hydrogen) atoms. The van der Waals surface area contributed by atoms with E-state index >= 15 is 0 Å². The lowest BCUT2D eigenvalue weighted by Crippen LogP contribution is -2.48. The average Bonchev–Trinajstić information content (AvgIpc) is 2.73. The van der Waals surface area contributed by atoms with Crippen LogP contribution in [0.2, 0.25) is 0 Å². The smallest absolute Gasteiger partial charge is 0.338 e. The summed E-state index contributed by atoms with van der Waals surface area (Å²) in [5, 5.41) is 2.95. The number of benzene rings is 1. The van der Waals surface area contributed by atoms with Crippen LogP contribution in [0.5, 0.6) is 0 Å². The van der Waals surface area contributed by atoms with Crippen molar-refractivity contribution < 1.29 is 27.5 Å². The van der Waals surface area contributed by atoms with Crippen molar-refractivity contribution in [2.45, 2.75) is 81.9 Å². The molecular weight excluding hydrogens is 432 g/mol. The molecule has 1 aromatic carbocycles. The van der Waals surface area contributed by atoms with Crippen LogP contribution >= 0.6 is 0 Å². The molecule has 1 heterocycles. The quantitative estimate of drug-likeness (QED) is 0.647. The zero-order chi connectivity index (χ0) is 23.1. The van der Waals surface area contributed by atoms with E-state index in [1.54, 1.807) is 0 Å².